The van der Waals surface area contributed by atoms with Crippen LogP contribution in [0.25, 0.3) is 0 Å². The maximum atomic E-state index is 12.2. The van der Waals surface area contributed by atoms with Gasteiger partial charge in [0.2, 0.25) is 5.91 Å². The molecule has 0 unspecified atom stereocenters. The topological polar surface area (TPSA) is 77.0 Å². The summed E-state index contributed by atoms with van der Waals surface area (Å²) >= 11 is 5.81. The summed E-state index contributed by atoms with van der Waals surface area (Å²) in [4.78, 5) is 23.0. The van der Waals surface area contributed by atoms with E-state index in [1.165, 1.54) is 13.1 Å². The largest absolute Gasteiger partial charge is 0.490 e. The van der Waals surface area contributed by atoms with Crippen LogP contribution in [-0.4, -0.2) is 24.7 Å². The number of hydrogen-bond acceptors (Lipinski definition) is 5. The average molecular weight is 361 g/mol. The molecule has 0 aliphatic rings. The number of ether oxygens (including phenoxy) is 2. The van der Waals surface area contributed by atoms with Gasteiger partial charge in [0.25, 0.3) is 0 Å². The van der Waals surface area contributed by atoms with Crippen molar-refractivity contribution in [2.45, 2.75) is 13.8 Å². The number of nitrogens with zero attached hydrogens (tertiary/aromatic N) is 1. The van der Waals surface area contributed by atoms with E-state index in [0.717, 1.165) is 0 Å². The number of carbonyl (C=O) groups is 2. The highest BCUT2D eigenvalue weighted by Crippen LogP contribution is 2.29. The van der Waals surface area contributed by atoms with Crippen LogP contribution in [-0.2, 0) is 4.79 Å². The van der Waals surface area contributed by atoms with E-state index in [9.17, 15) is 9.59 Å². The van der Waals surface area contributed by atoms with Crippen LogP contribution in [0.1, 0.15) is 29.8 Å². The zero-order chi connectivity index (χ0) is 18.2. The molecular weight excluding hydrogens is 344 g/mol. The number of hydrazone groups is 1. The van der Waals surface area contributed by atoms with Crippen molar-refractivity contribution < 1.29 is 19.1 Å². The lowest BCUT2D eigenvalue weighted by Gasteiger charge is -2.11. The van der Waals surface area contributed by atoms with Gasteiger partial charge in [0.15, 0.2) is 11.5 Å². The van der Waals surface area contributed by atoms with E-state index in [4.69, 9.17) is 21.1 Å². The second-order valence-electron chi connectivity index (χ2n) is 4.96. The Balaban J connectivity index is 2.18. The molecule has 2 aromatic carbocycles. The molecule has 2 aromatic rings. The molecule has 25 heavy (non-hydrogen) atoms. The van der Waals surface area contributed by atoms with Gasteiger partial charge in [-0.2, -0.15) is 5.10 Å². The molecule has 0 atom stereocenters. The highest BCUT2D eigenvalue weighted by molar-refractivity contribution is 6.30. The van der Waals surface area contributed by atoms with Crippen molar-refractivity contribution in [1.82, 2.24) is 5.43 Å². The molecule has 0 aliphatic carbocycles. The molecule has 7 heteroatoms. The lowest BCUT2D eigenvalue weighted by molar-refractivity contribution is -0.118. The van der Waals surface area contributed by atoms with Crippen molar-refractivity contribution in [1.29, 1.82) is 0 Å². The molecule has 0 heterocycles. The molecule has 0 radical (unpaired) electrons. The molecule has 0 fully saturated rings. The van der Waals surface area contributed by atoms with Crippen LogP contribution in [0.3, 0.4) is 0 Å². The third kappa shape index (κ3) is 5.61. The minimum absolute atomic E-state index is 0.269. The summed E-state index contributed by atoms with van der Waals surface area (Å²) in [5.74, 6) is -0.0952. The fraction of sp³-hybridized carbons (Fsp3) is 0.167. The predicted octanol–water partition coefficient (Wildman–Crippen LogP) is 3.43. The minimum atomic E-state index is -0.516. The monoisotopic (exact) mass is 360 g/mol. The van der Waals surface area contributed by atoms with E-state index in [2.05, 4.69) is 10.5 Å². The van der Waals surface area contributed by atoms with Crippen molar-refractivity contribution in [2.75, 3.05) is 6.61 Å². The summed E-state index contributed by atoms with van der Waals surface area (Å²) in [6.07, 6.45) is 1.47. The molecule has 0 spiro atoms. The summed E-state index contributed by atoms with van der Waals surface area (Å²) in [7, 11) is 0. The molecule has 1 amide bonds. The Kier molecular flexibility index (Phi) is 6.54. The maximum absolute atomic E-state index is 12.2. The normalized spacial score (nSPS) is 10.5. The molecule has 6 nitrogen and oxygen atoms in total. The first-order valence-corrected chi connectivity index (χ1v) is 7.91. The number of esters is 1. The second kappa shape index (κ2) is 8.84. The van der Waals surface area contributed by atoms with E-state index in [1.54, 1.807) is 42.5 Å². The zero-order valence-electron chi connectivity index (χ0n) is 13.8. The first-order chi connectivity index (χ1) is 12.0. The van der Waals surface area contributed by atoms with Gasteiger partial charge in [-0.1, -0.05) is 11.6 Å². The Hall–Kier alpha value is -2.86. The van der Waals surface area contributed by atoms with Gasteiger partial charge in [0.05, 0.1) is 18.4 Å². The molecule has 130 valence electrons. The van der Waals surface area contributed by atoms with Gasteiger partial charge in [0.1, 0.15) is 0 Å². The summed E-state index contributed by atoms with van der Waals surface area (Å²) < 4.78 is 10.9. The van der Waals surface area contributed by atoms with Gasteiger partial charge >= 0.3 is 5.97 Å². The van der Waals surface area contributed by atoms with Crippen LogP contribution in [0.4, 0.5) is 0 Å². The fourth-order valence-corrected chi connectivity index (χ4v) is 2.03. The third-order valence-electron chi connectivity index (χ3n) is 2.99. The van der Waals surface area contributed by atoms with Crippen LogP contribution in [0.5, 0.6) is 11.5 Å². The number of halogens is 1. The Labute approximate surface area is 150 Å². The van der Waals surface area contributed by atoms with Gasteiger partial charge in [-0.3, -0.25) is 4.79 Å². The summed E-state index contributed by atoms with van der Waals surface area (Å²) in [6, 6.07) is 11.4. The first-order valence-electron chi connectivity index (χ1n) is 7.54. The second-order valence-corrected chi connectivity index (χ2v) is 5.40. The Morgan fingerprint density at radius 2 is 1.88 bits per heavy atom. The Morgan fingerprint density at radius 1 is 1.16 bits per heavy atom. The van der Waals surface area contributed by atoms with E-state index in [1.807, 2.05) is 6.92 Å². The highest BCUT2D eigenvalue weighted by Gasteiger charge is 2.13. The predicted molar refractivity (Wildman–Crippen MR) is 95.4 cm³/mol. The Bertz CT molecular complexity index is 788. The molecule has 0 bridgehead atoms. The molecule has 1 N–H and O–H groups in total. The summed E-state index contributed by atoms with van der Waals surface area (Å²) in [5.41, 5.74) is 3.37. The molecule has 0 saturated carbocycles. The lowest BCUT2D eigenvalue weighted by atomic mass is 10.2. The van der Waals surface area contributed by atoms with E-state index in [-0.39, 0.29) is 5.91 Å². The lowest BCUT2D eigenvalue weighted by Crippen LogP contribution is -2.12. The van der Waals surface area contributed by atoms with Gasteiger partial charge in [-0.05, 0) is 55.0 Å². The number of carbonyl (C=O) groups excluding carboxylic acids is 2. The van der Waals surface area contributed by atoms with E-state index in [0.29, 0.717) is 34.3 Å². The first kappa shape index (κ1) is 18.5. The quantitative estimate of drug-likeness (QED) is 0.370. The summed E-state index contributed by atoms with van der Waals surface area (Å²) in [6.45, 7) is 3.59. The fourth-order valence-electron chi connectivity index (χ4n) is 1.90. The smallest absolute Gasteiger partial charge is 0.343 e. The van der Waals surface area contributed by atoms with Crippen molar-refractivity contribution in [3.63, 3.8) is 0 Å². The maximum Gasteiger partial charge on any atom is 0.343 e. The third-order valence-corrected chi connectivity index (χ3v) is 3.24. The minimum Gasteiger partial charge on any atom is -0.490 e. The van der Waals surface area contributed by atoms with Crippen LogP contribution in [0.15, 0.2) is 47.6 Å². The van der Waals surface area contributed by atoms with Crippen molar-refractivity contribution in [3.05, 3.63) is 58.6 Å². The number of amides is 1. The molecule has 0 saturated heterocycles. The van der Waals surface area contributed by atoms with Gasteiger partial charge in [0, 0.05) is 11.9 Å². The highest BCUT2D eigenvalue weighted by atomic mass is 35.5. The standard InChI is InChI=1S/C18H17ClN2O4/c1-3-24-17-10-13(11-20-21-12(2)22)4-9-16(17)25-18(23)14-5-7-15(19)8-6-14/h4-11H,3H2,1-2H3,(H,21,22)/b20-11+. The SMILES string of the molecule is CCOc1cc(/C=N/NC(C)=O)ccc1OC(=O)c1ccc(Cl)cc1. The number of benzene rings is 2. The van der Waals surface area contributed by atoms with Crippen LogP contribution in [0, 0.1) is 0 Å². The average Bonchev–Trinajstić information content (AvgIpc) is 2.57. The van der Waals surface area contributed by atoms with E-state index < -0.39 is 5.97 Å². The number of hydrogen-bond donors (Lipinski definition) is 1. The molecular formula is C18H17ClN2O4. The number of rotatable bonds is 6. The molecule has 2 rings (SSSR count). The van der Waals surface area contributed by atoms with Gasteiger partial charge in [-0.15, -0.1) is 0 Å². The van der Waals surface area contributed by atoms with Crippen LogP contribution < -0.4 is 14.9 Å². The number of nitrogens with one attached hydrogen (secondary N) is 1. The van der Waals surface area contributed by atoms with Crippen molar-refractivity contribution >= 4 is 29.7 Å². The summed E-state index contributed by atoms with van der Waals surface area (Å²) in [5, 5.41) is 4.32. The van der Waals surface area contributed by atoms with Crippen molar-refractivity contribution in [3.8, 4) is 11.5 Å². The Morgan fingerprint density at radius 3 is 2.52 bits per heavy atom. The van der Waals surface area contributed by atoms with Crippen LogP contribution in [0.2, 0.25) is 5.02 Å². The zero-order valence-corrected chi connectivity index (χ0v) is 14.5. The van der Waals surface area contributed by atoms with Crippen LogP contribution >= 0.6 is 11.6 Å². The van der Waals surface area contributed by atoms with E-state index >= 15 is 0 Å². The molecule has 0 aliphatic heterocycles. The molecule has 0 aromatic heterocycles. The van der Waals surface area contributed by atoms with Crippen molar-refractivity contribution in [2.24, 2.45) is 5.10 Å². The van der Waals surface area contributed by atoms with Gasteiger partial charge < -0.3 is 9.47 Å². The van der Waals surface area contributed by atoms with Gasteiger partial charge in [-0.25, -0.2) is 10.2 Å².